The van der Waals surface area contributed by atoms with Gasteiger partial charge in [-0.15, -0.1) is 0 Å². The number of carbonyl (C=O) groups is 2. The molecule has 1 amide bonds. The first-order valence-electron chi connectivity index (χ1n) is 11.6. The second-order valence-corrected chi connectivity index (χ2v) is 9.00. The number of likely N-dealkylation sites (tertiary alicyclic amines) is 1. The summed E-state index contributed by atoms with van der Waals surface area (Å²) in [5, 5.41) is 13.8. The number of carboxylic acids is 1. The zero-order chi connectivity index (χ0) is 24.0. The van der Waals surface area contributed by atoms with Crippen LogP contribution in [-0.2, 0) is 4.79 Å². The van der Waals surface area contributed by atoms with E-state index in [1.165, 1.54) is 12.3 Å². The van der Waals surface area contributed by atoms with Gasteiger partial charge in [0.2, 0.25) is 0 Å². The highest BCUT2D eigenvalue weighted by Gasteiger charge is 2.41. The van der Waals surface area contributed by atoms with Gasteiger partial charge in [0.25, 0.3) is 5.91 Å². The van der Waals surface area contributed by atoms with E-state index in [-0.39, 0.29) is 18.0 Å². The minimum absolute atomic E-state index is 0.239. The fraction of sp³-hybridized carbons (Fsp3) is 0.400. The van der Waals surface area contributed by atoms with Crippen molar-refractivity contribution in [3.8, 4) is 0 Å². The maximum Gasteiger partial charge on any atom is 0.308 e. The Bertz CT molecular complexity index is 1260. The molecule has 0 aliphatic carbocycles. The second-order valence-electron chi connectivity index (χ2n) is 9.00. The number of amides is 1. The fourth-order valence-electron chi connectivity index (χ4n) is 5.54. The quantitative estimate of drug-likeness (QED) is 0.605. The van der Waals surface area contributed by atoms with Gasteiger partial charge in [-0.1, -0.05) is 6.92 Å². The molecule has 2 aliphatic heterocycles. The summed E-state index contributed by atoms with van der Waals surface area (Å²) in [4.78, 5) is 28.7. The van der Waals surface area contributed by atoms with Crippen molar-refractivity contribution in [2.45, 2.75) is 44.7 Å². The molecule has 0 bridgehead atoms. The van der Waals surface area contributed by atoms with Gasteiger partial charge in [-0.3, -0.25) is 9.59 Å². The highest BCUT2D eigenvalue weighted by Crippen LogP contribution is 2.38. The number of anilines is 1. The largest absolute Gasteiger partial charge is 0.481 e. The van der Waals surface area contributed by atoms with Crippen LogP contribution in [0.25, 0.3) is 5.52 Å². The summed E-state index contributed by atoms with van der Waals surface area (Å²) in [6, 6.07) is 6.56. The van der Waals surface area contributed by atoms with Crippen molar-refractivity contribution in [3.05, 3.63) is 65.5 Å². The van der Waals surface area contributed by atoms with Crippen LogP contribution in [0.1, 0.15) is 54.6 Å². The number of pyridine rings is 1. The first-order chi connectivity index (χ1) is 16.4. The first kappa shape index (κ1) is 22.3. The predicted molar refractivity (Wildman–Crippen MR) is 122 cm³/mol. The van der Waals surface area contributed by atoms with E-state index in [1.54, 1.807) is 15.6 Å². The fourth-order valence-corrected chi connectivity index (χ4v) is 5.54. The van der Waals surface area contributed by atoms with Crippen LogP contribution in [0.4, 0.5) is 14.5 Å². The summed E-state index contributed by atoms with van der Waals surface area (Å²) in [7, 11) is 0. The van der Waals surface area contributed by atoms with Crippen molar-refractivity contribution >= 4 is 23.1 Å². The van der Waals surface area contributed by atoms with Crippen LogP contribution in [0, 0.1) is 17.6 Å². The van der Waals surface area contributed by atoms with Crippen molar-refractivity contribution in [2.24, 2.45) is 5.92 Å². The van der Waals surface area contributed by atoms with Crippen molar-refractivity contribution in [1.82, 2.24) is 14.5 Å². The maximum absolute atomic E-state index is 14.5. The molecule has 3 atom stereocenters. The van der Waals surface area contributed by atoms with Gasteiger partial charge in [0.1, 0.15) is 11.6 Å². The molecule has 7 nitrogen and oxygen atoms in total. The Kier molecular flexibility index (Phi) is 5.71. The SMILES string of the molecule is CCC1C(C(=O)O)CCN1C(=O)c1cnn2ccc(N3CCC[C@@H]3c3cc(F)ccc3F)cc12. The number of nitrogens with zero attached hydrogens (tertiary/aromatic N) is 4. The summed E-state index contributed by atoms with van der Waals surface area (Å²) in [5.41, 5.74) is 2.12. The molecule has 1 aromatic carbocycles. The molecule has 2 fully saturated rings. The Labute approximate surface area is 195 Å². The first-order valence-corrected chi connectivity index (χ1v) is 11.6. The summed E-state index contributed by atoms with van der Waals surface area (Å²) in [5.74, 6) is -2.60. The Morgan fingerprint density at radius 1 is 1.15 bits per heavy atom. The van der Waals surface area contributed by atoms with Crippen molar-refractivity contribution in [2.75, 3.05) is 18.0 Å². The van der Waals surface area contributed by atoms with Crippen LogP contribution in [0.2, 0.25) is 0 Å². The van der Waals surface area contributed by atoms with Crippen molar-refractivity contribution in [1.29, 1.82) is 0 Å². The van der Waals surface area contributed by atoms with Gasteiger partial charge < -0.3 is 14.9 Å². The third-order valence-electron chi connectivity index (χ3n) is 7.18. The third-order valence-corrected chi connectivity index (χ3v) is 7.18. The normalized spacial score (nSPS) is 22.6. The van der Waals surface area contributed by atoms with Crippen LogP contribution in [0.5, 0.6) is 0 Å². The number of fused-ring (bicyclic) bond motifs is 1. The third kappa shape index (κ3) is 3.69. The lowest BCUT2D eigenvalue weighted by Gasteiger charge is -2.28. The molecule has 178 valence electrons. The molecule has 3 aromatic rings. The molecule has 2 unspecified atom stereocenters. The second kappa shape index (κ2) is 8.70. The maximum atomic E-state index is 14.5. The van der Waals surface area contributed by atoms with Gasteiger partial charge >= 0.3 is 5.97 Å². The Morgan fingerprint density at radius 2 is 1.97 bits per heavy atom. The molecule has 34 heavy (non-hydrogen) atoms. The van der Waals surface area contributed by atoms with Crippen LogP contribution < -0.4 is 4.90 Å². The number of carbonyl (C=O) groups excluding carboxylic acids is 1. The smallest absolute Gasteiger partial charge is 0.308 e. The highest BCUT2D eigenvalue weighted by molar-refractivity contribution is 6.01. The predicted octanol–water partition coefficient (Wildman–Crippen LogP) is 4.28. The number of benzene rings is 1. The van der Waals surface area contributed by atoms with Gasteiger partial charge in [0, 0.05) is 36.6 Å². The zero-order valence-electron chi connectivity index (χ0n) is 18.8. The van der Waals surface area contributed by atoms with Gasteiger partial charge in [-0.25, -0.2) is 13.3 Å². The van der Waals surface area contributed by atoms with Crippen LogP contribution in [0.15, 0.2) is 42.7 Å². The van der Waals surface area contributed by atoms with E-state index in [1.807, 2.05) is 24.0 Å². The van der Waals surface area contributed by atoms with E-state index in [0.29, 0.717) is 49.0 Å². The van der Waals surface area contributed by atoms with Crippen LogP contribution >= 0.6 is 0 Å². The molecular weight excluding hydrogens is 442 g/mol. The molecule has 2 saturated heterocycles. The van der Waals surface area contributed by atoms with Crippen molar-refractivity contribution in [3.63, 3.8) is 0 Å². The van der Waals surface area contributed by atoms with E-state index >= 15 is 0 Å². The standard InChI is InChI=1S/C25H26F2N4O3/c1-2-21-17(25(33)34)8-10-30(21)24(32)19-14-28-31-11-7-16(13-23(19)31)29-9-3-4-22(29)18-12-15(26)5-6-20(18)27/h5-7,11-14,17,21-22H,2-4,8-10H2,1H3,(H,33,34)/t17?,21?,22-/m1/s1. The average molecular weight is 469 g/mol. The molecule has 4 heterocycles. The minimum atomic E-state index is -0.881. The molecule has 2 aromatic heterocycles. The minimum Gasteiger partial charge on any atom is -0.481 e. The topological polar surface area (TPSA) is 78.1 Å². The number of aliphatic carboxylic acids is 1. The molecule has 0 saturated carbocycles. The lowest BCUT2D eigenvalue weighted by atomic mass is 9.98. The van der Waals surface area contributed by atoms with Crippen LogP contribution in [0.3, 0.4) is 0 Å². The highest BCUT2D eigenvalue weighted by atomic mass is 19.1. The number of halogens is 2. The lowest BCUT2D eigenvalue weighted by Crippen LogP contribution is -2.39. The van der Waals surface area contributed by atoms with Gasteiger partial charge in [-0.05, 0) is 56.0 Å². The average Bonchev–Trinajstić information content (AvgIpc) is 3.57. The van der Waals surface area contributed by atoms with Crippen molar-refractivity contribution < 1.29 is 23.5 Å². The Morgan fingerprint density at radius 3 is 2.74 bits per heavy atom. The number of hydrogen-bond acceptors (Lipinski definition) is 4. The van der Waals surface area contributed by atoms with E-state index in [0.717, 1.165) is 24.2 Å². The number of hydrogen-bond donors (Lipinski definition) is 1. The van der Waals surface area contributed by atoms with Gasteiger partial charge in [0.05, 0.1) is 29.2 Å². The van der Waals surface area contributed by atoms with Gasteiger partial charge in [-0.2, -0.15) is 5.10 Å². The summed E-state index contributed by atoms with van der Waals surface area (Å²) < 4.78 is 30.0. The van der Waals surface area contributed by atoms with E-state index in [4.69, 9.17) is 0 Å². The Balaban J connectivity index is 1.48. The zero-order valence-corrected chi connectivity index (χ0v) is 18.8. The van der Waals surface area contributed by atoms with E-state index in [9.17, 15) is 23.5 Å². The van der Waals surface area contributed by atoms with Crippen LogP contribution in [-0.4, -0.2) is 50.6 Å². The molecular formula is C25H26F2N4O3. The summed E-state index contributed by atoms with van der Waals surface area (Å²) in [6.45, 7) is 2.95. The Hall–Kier alpha value is -3.49. The van der Waals surface area contributed by atoms with E-state index < -0.39 is 23.5 Å². The summed E-state index contributed by atoms with van der Waals surface area (Å²) in [6.07, 6.45) is 5.77. The monoisotopic (exact) mass is 468 g/mol. The molecule has 0 radical (unpaired) electrons. The van der Waals surface area contributed by atoms with Gasteiger partial charge in [0.15, 0.2) is 0 Å². The number of aromatic nitrogens is 2. The number of carboxylic acid groups (broad SMARTS) is 1. The molecule has 1 N–H and O–H groups in total. The van der Waals surface area contributed by atoms with E-state index in [2.05, 4.69) is 5.10 Å². The molecule has 5 rings (SSSR count). The number of rotatable bonds is 5. The lowest BCUT2D eigenvalue weighted by molar-refractivity contribution is -0.142. The molecule has 9 heteroatoms. The molecule has 2 aliphatic rings. The molecule has 0 spiro atoms. The summed E-state index contributed by atoms with van der Waals surface area (Å²) >= 11 is 0.